The molecule has 2 aliphatic heterocycles. The molecule has 0 amide bonds. The molecule has 0 saturated carbocycles. The first-order chi connectivity index (χ1) is 15.3. The van der Waals surface area contributed by atoms with Crippen LogP contribution < -0.4 is 15.5 Å². The van der Waals surface area contributed by atoms with Crippen LogP contribution in [0.1, 0.15) is 12.8 Å². The Hall–Kier alpha value is -2.77. The Morgan fingerprint density at radius 1 is 1.06 bits per heavy atom. The lowest BCUT2D eigenvalue weighted by molar-refractivity contribution is 0.313. The summed E-state index contributed by atoms with van der Waals surface area (Å²) in [4.78, 5) is 18.9. The fourth-order valence-corrected chi connectivity index (χ4v) is 4.49. The molecular formula is C24H31N7. The number of piperazine rings is 1. The second-order valence-electron chi connectivity index (χ2n) is 8.71. The van der Waals surface area contributed by atoms with E-state index >= 15 is 0 Å². The average molecular weight is 418 g/mol. The van der Waals surface area contributed by atoms with Crippen LogP contribution in [-0.2, 0) is 0 Å². The van der Waals surface area contributed by atoms with Crippen LogP contribution in [0.2, 0.25) is 0 Å². The van der Waals surface area contributed by atoms with Crippen molar-refractivity contribution in [1.82, 2.24) is 25.2 Å². The average Bonchev–Trinajstić information content (AvgIpc) is 2.83. The number of hydrogen-bond acceptors (Lipinski definition) is 7. The second-order valence-corrected chi connectivity index (χ2v) is 8.71. The fraction of sp³-hybridized carbons (Fsp3) is 0.458. The van der Waals surface area contributed by atoms with Gasteiger partial charge < -0.3 is 20.4 Å². The van der Waals surface area contributed by atoms with Gasteiger partial charge in [0, 0.05) is 56.4 Å². The van der Waals surface area contributed by atoms with Crippen LogP contribution >= 0.6 is 0 Å². The number of piperidine rings is 1. The highest BCUT2D eigenvalue weighted by Crippen LogP contribution is 2.28. The summed E-state index contributed by atoms with van der Waals surface area (Å²) in [7, 11) is 2.19. The summed E-state index contributed by atoms with van der Waals surface area (Å²) in [5, 5.41) is 7.05. The largest absolute Gasteiger partial charge is 0.369 e. The maximum atomic E-state index is 4.95. The van der Waals surface area contributed by atoms with E-state index in [0.29, 0.717) is 5.92 Å². The van der Waals surface area contributed by atoms with Crippen LogP contribution in [0.3, 0.4) is 0 Å². The minimum atomic E-state index is 0.619. The lowest BCUT2D eigenvalue weighted by Gasteiger charge is -2.34. The van der Waals surface area contributed by atoms with Gasteiger partial charge in [0.15, 0.2) is 5.82 Å². The van der Waals surface area contributed by atoms with E-state index in [1.54, 1.807) is 12.4 Å². The van der Waals surface area contributed by atoms with Crippen molar-refractivity contribution in [3.8, 4) is 11.3 Å². The molecule has 31 heavy (non-hydrogen) atoms. The second kappa shape index (κ2) is 9.16. The van der Waals surface area contributed by atoms with Crippen LogP contribution in [0.5, 0.6) is 0 Å². The number of aromatic nitrogens is 3. The van der Waals surface area contributed by atoms with Crippen molar-refractivity contribution in [2.24, 2.45) is 5.92 Å². The van der Waals surface area contributed by atoms with Gasteiger partial charge >= 0.3 is 0 Å². The predicted octanol–water partition coefficient (Wildman–Crippen LogP) is 2.86. The molecule has 162 valence electrons. The van der Waals surface area contributed by atoms with Crippen LogP contribution in [0.25, 0.3) is 22.3 Å². The molecule has 0 spiro atoms. The third-order valence-corrected chi connectivity index (χ3v) is 6.45. The highest BCUT2D eigenvalue weighted by molar-refractivity contribution is 5.88. The first-order valence-electron chi connectivity index (χ1n) is 11.4. The van der Waals surface area contributed by atoms with Gasteiger partial charge in [0.1, 0.15) is 5.52 Å². The smallest absolute Gasteiger partial charge is 0.154 e. The maximum Gasteiger partial charge on any atom is 0.154 e. The zero-order chi connectivity index (χ0) is 21.0. The number of nitrogens with one attached hydrogen (secondary N) is 2. The molecular weight excluding hydrogens is 386 g/mol. The molecule has 4 heterocycles. The molecule has 0 aliphatic carbocycles. The summed E-state index contributed by atoms with van der Waals surface area (Å²) in [6, 6.07) is 10.8. The van der Waals surface area contributed by atoms with E-state index in [1.807, 2.05) is 6.07 Å². The van der Waals surface area contributed by atoms with Crippen molar-refractivity contribution < 1.29 is 0 Å². The molecule has 0 bridgehead atoms. The Balaban J connectivity index is 1.39. The van der Waals surface area contributed by atoms with Crippen LogP contribution in [0.4, 0.5) is 11.5 Å². The molecule has 2 aromatic heterocycles. The first kappa shape index (κ1) is 20.2. The minimum absolute atomic E-state index is 0.619. The summed E-state index contributed by atoms with van der Waals surface area (Å²) in [5.74, 6) is 1.45. The van der Waals surface area contributed by atoms with Gasteiger partial charge in [-0.15, -0.1) is 0 Å². The summed E-state index contributed by atoms with van der Waals surface area (Å²) >= 11 is 0. The van der Waals surface area contributed by atoms with Gasteiger partial charge in [-0.05, 0) is 57.1 Å². The number of pyridine rings is 1. The number of benzene rings is 1. The zero-order valence-electron chi connectivity index (χ0n) is 18.2. The molecule has 1 unspecified atom stereocenters. The number of rotatable bonds is 5. The van der Waals surface area contributed by atoms with Crippen molar-refractivity contribution >= 4 is 22.5 Å². The molecule has 0 radical (unpaired) electrons. The highest BCUT2D eigenvalue weighted by Gasteiger charge is 2.16. The molecule has 2 aliphatic rings. The standard InChI is InChI=1S/C24H31N7/c1-30-11-13-31(14-12-30)20-6-4-19(5-7-20)21-15-22-23(27-10-9-26-22)24(29-21)28-17-18-3-2-8-25-16-18/h4-7,9-10,15,18,25H,2-3,8,11-14,16-17H2,1H3,(H,28,29). The molecule has 7 heteroatoms. The fourth-order valence-electron chi connectivity index (χ4n) is 4.49. The van der Waals surface area contributed by atoms with E-state index in [-0.39, 0.29) is 0 Å². The SMILES string of the molecule is CN1CCN(c2ccc(-c3cc4nccnc4c(NCC4CCCNC4)n3)cc2)CC1. The van der Waals surface area contributed by atoms with E-state index in [2.05, 4.69) is 61.7 Å². The molecule has 3 aromatic rings. The third kappa shape index (κ3) is 4.62. The van der Waals surface area contributed by atoms with Crippen molar-refractivity contribution in [3.63, 3.8) is 0 Å². The Labute approximate surface area is 183 Å². The molecule has 2 N–H and O–H groups in total. The minimum Gasteiger partial charge on any atom is -0.369 e. The molecule has 5 rings (SSSR count). The normalized spacial score (nSPS) is 20.2. The van der Waals surface area contributed by atoms with Gasteiger partial charge in [0.2, 0.25) is 0 Å². The number of fused-ring (bicyclic) bond motifs is 1. The topological polar surface area (TPSA) is 69.2 Å². The lowest BCUT2D eigenvalue weighted by Crippen LogP contribution is -2.44. The van der Waals surface area contributed by atoms with Crippen molar-refractivity contribution in [2.45, 2.75) is 12.8 Å². The number of likely N-dealkylation sites (N-methyl/N-ethyl adjacent to an activating group) is 1. The van der Waals surface area contributed by atoms with E-state index in [1.165, 1.54) is 18.5 Å². The zero-order valence-corrected chi connectivity index (χ0v) is 18.2. The first-order valence-corrected chi connectivity index (χ1v) is 11.4. The lowest BCUT2D eigenvalue weighted by atomic mass is 10.00. The maximum absolute atomic E-state index is 4.95. The summed E-state index contributed by atoms with van der Waals surface area (Å²) in [6.07, 6.45) is 5.97. The van der Waals surface area contributed by atoms with E-state index < -0.39 is 0 Å². The van der Waals surface area contributed by atoms with Gasteiger partial charge in [-0.3, -0.25) is 4.98 Å². The molecule has 2 saturated heterocycles. The van der Waals surface area contributed by atoms with Gasteiger partial charge in [0.25, 0.3) is 0 Å². The van der Waals surface area contributed by atoms with Gasteiger partial charge in [-0.25, -0.2) is 9.97 Å². The van der Waals surface area contributed by atoms with E-state index in [4.69, 9.17) is 4.98 Å². The molecule has 1 aromatic carbocycles. The van der Waals surface area contributed by atoms with Crippen molar-refractivity contribution in [1.29, 1.82) is 0 Å². The van der Waals surface area contributed by atoms with Gasteiger partial charge in [-0.2, -0.15) is 0 Å². The molecule has 7 nitrogen and oxygen atoms in total. The molecule has 1 atom stereocenters. The van der Waals surface area contributed by atoms with E-state index in [0.717, 1.165) is 73.9 Å². The number of hydrogen-bond donors (Lipinski definition) is 2. The Morgan fingerprint density at radius 3 is 2.65 bits per heavy atom. The predicted molar refractivity (Wildman–Crippen MR) is 127 cm³/mol. The van der Waals surface area contributed by atoms with Crippen LogP contribution in [-0.4, -0.2) is 72.7 Å². The van der Waals surface area contributed by atoms with Crippen LogP contribution in [0, 0.1) is 5.92 Å². The van der Waals surface area contributed by atoms with Crippen LogP contribution in [0.15, 0.2) is 42.7 Å². The van der Waals surface area contributed by atoms with Gasteiger partial charge in [0.05, 0.1) is 11.2 Å². The Morgan fingerprint density at radius 2 is 1.87 bits per heavy atom. The summed E-state index contributed by atoms with van der Waals surface area (Å²) < 4.78 is 0. The van der Waals surface area contributed by atoms with Gasteiger partial charge in [-0.1, -0.05) is 12.1 Å². The Kier molecular flexibility index (Phi) is 5.95. The summed E-state index contributed by atoms with van der Waals surface area (Å²) in [6.45, 7) is 7.45. The highest BCUT2D eigenvalue weighted by atomic mass is 15.2. The Bertz CT molecular complexity index is 1010. The van der Waals surface area contributed by atoms with E-state index in [9.17, 15) is 0 Å². The monoisotopic (exact) mass is 417 g/mol. The number of nitrogens with zero attached hydrogens (tertiary/aromatic N) is 5. The molecule has 2 fully saturated rings. The summed E-state index contributed by atoms with van der Waals surface area (Å²) in [5.41, 5.74) is 5.03. The number of anilines is 2. The van der Waals surface area contributed by atoms with Crippen molar-refractivity contribution in [3.05, 3.63) is 42.7 Å². The van der Waals surface area contributed by atoms with Crippen molar-refractivity contribution in [2.75, 3.05) is 63.1 Å². The quantitative estimate of drug-likeness (QED) is 0.662. The third-order valence-electron chi connectivity index (χ3n) is 6.45.